The molecular weight excluding hydrogens is 270 g/mol. The Hall–Kier alpha value is -1.64. The fraction of sp³-hybridized carbons (Fsp3) is 0.400. The van der Waals surface area contributed by atoms with Gasteiger partial charge in [0.2, 0.25) is 0 Å². The highest BCUT2D eigenvalue weighted by atomic mass is 16.3. The third-order valence-corrected chi connectivity index (χ3v) is 4.87. The van der Waals surface area contributed by atoms with E-state index >= 15 is 0 Å². The van der Waals surface area contributed by atoms with Crippen LogP contribution in [0.4, 0.5) is 0 Å². The van der Waals surface area contributed by atoms with E-state index in [4.69, 9.17) is 0 Å². The average Bonchev–Trinajstić information content (AvgIpc) is 3.06. The van der Waals surface area contributed by atoms with Crippen molar-refractivity contribution >= 4 is 0 Å². The van der Waals surface area contributed by atoms with Gasteiger partial charge in [-0.1, -0.05) is 60.7 Å². The first-order valence-corrected chi connectivity index (χ1v) is 8.23. The Morgan fingerprint density at radius 3 is 1.91 bits per heavy atom. The number of aliphatic hydroxyl groups is 1. The van der Waals surface area contributed by atoms with Crippen LogP contribution in [-0.2, 0) is 5.60 Å². The molecule has 1 aliphatic rings. The van der Waals surface area contributed by atoms with Crippen molar-refractivity contribution in [2.75, 3.05) is 6.54 Å². The Bertz CT molecular complexity index is 554. The minimum absolute atomic E-state index is 0.122. The largest absolute Gasteiger partial charge is 0.379 e. The van der Waals surface area contributed by atoms with Crippen LogP contribution in [0.15, 0.2) is 60.7 Å². The van der Waals surface area contributed by atoms with E-state index in [1.165, 1.54) is 0 Å². The Kier molecular flexibility index (Phi) is 4.32. The number of hydrogen-bond donors (Lipinski definition) is 1. The normalized spacial score (nSPS) is 19.7. The maximum absolute atomic E-state index is 11.8. The number of nitrogens with zero attached hydrogens (tertiary/aromatic N) is 1. The molecule has 0 amide bonds. The van der Waals surface area contributed by atoms with Crippen molar-refractivity contribution in [1.82, 2.24) is 4.90 Å². The van der Waals surface area contributed by atoms with Crippen LogP contribution in [0.5, 0.6) is 0 Å². The van der Waals surface area contributed by atoms with Gasteiger partial charge in [0.1, 0.15) is 5.60 Å². The number of benzene rings is 2. The smallest absolute Gasteiger partial charge is 0.130 e. The molecule has 1 saturated heterocycles. The van der Waals surface area contributed by atoms with Crippen LogP contribution in [0.2, 0.25) is 0 Å². The zero-order valence-corrected chi connectivity index (χ0v) is 13.4. The van der Waals surface area contributed by atoms with Crippen molar-refractivity contribution in [3.05, 3.63) is 71.8 Å². The van der Waals surface area contributed by atoms with E-state index < -0.39 is 5.60 Å². The van der Waals surface area contributed by atoms with Crippen LogP contribution in [0.1, 0.15) is 37.8 Å². The molecule has 1 aliphatic heterocycles. The number of likely N-dealkylation sites (tertiary alicyclic amines) is 1. The second-order valence-electron chi connectivity index (χ2n) is 6.49. The van der Waals surface area contributed by atoms with Crippen LogP contribution in [0.25, 0.3) is 0 Å². The molecule has 22 heavy (non-hydrogen) atoms. The number of rotatable bonds is 4. The summed E-state index contributed by atoms with van der Waals surface area (Å²) < 4.78 is 0. The fourth-order valence-corrected chi connectivity index (χ4v) is 3.79. The molecule has 3 rings (SSSR count). The monoisotopic (exact) mass is 295 g/mol. The molecule has 1 N–H and O–H groups in total. The topological polar surface area (TPSA) is 23.5 Å². The van der Waals surface area contributed by atoms with Crippen molar-refractivity contribution in [1.29, 1.82) is 0 Å². The molecule has 2 aromatic rings. The zero-order chi connectivity index (χ0) is 15.6. The van der Waals surface area contributed by atoms with E-state index in [9.17, 15) is 5.11 Å². The molecule has 2 aromatic carbocycles. The molecule has 116 valence electrons. The molecule has 0 aliphatic carbocycles. The lowest BCUT2D eigenvalue weighted by Gasteiger charge is -2.41. The van der Waals surface area contributed by atoms with Gasteiger partial charge in [-0.3, -0.25) is 4.90 Å². The second kappa shape index (κ2) is 6.23. The van der Waals surface area contributed by atoms with Crippen molar-refractivity contribution < 1.29 is 5.11 Å². The minimum atomic E-state index is -0.955. The van der Waals surface area contributed by atoms with E-state index in [2.05, 4.69) is 18.7 Å². The molecule has 2 nitrogen and oxygen atoms in total. The molecule has 0 bridgehead atoms. The fourth-order valence-electron chi connectivity index (χ4n) is 3.79. The van der Waals surface area contributed by atoms with Gasteiger partial charge in [0, 0.05) is 12.1 Å². The maximum Gasteiger partial charge on any atom is 0.130 e. The predicted molar refractivity (Wildman–Crippen MR) is 90.7 cm³/mol. The molecule has 0 aromatic heterocycles. The minimum Gasteiger partial charge on any atom is -0.379 e. The first kappa shape index (κ1) is 15.3. The molecule has 1 atom stereocenters. The zero-order valence-electron chi connectivity index (χ0n) is 13.4. The van der Waals surface area contributed by atoms with Crippen LogP contribution in [-0.4, -0.2) is 28.6 Å². The third kappa shape index (κ3) is 2.57. The molecule has 1 heterocycles. The lowest BCUT2D eigenvalue weighted by Crippen LogP contribution is -2.50. The van der Waals surface area contributed by atoms with Gasteiger partial charge in [-0.05, 0) is 44.4 Å². The maximum atomic E-state index is 11.8. The summed E-state index contributed by atoms with van der Waals surface area (Å²) in [5.74, 6) is 0. The van der Waals surface area contributed by atoms with Crippen LogP contribution >= 0.6 is 0 Å². The van der Waals surface area contributed by atoms with Gasteiger partial charge >= 0.3 is 0 Å². The molecule has 0 unspecified atom stereocenters. The Balaban J connectivity index is 2.12. The molecule has 2 heteroatoms. The molecular formula is C20H25NO. The highest BCUT2D eigenvalue weighted by Crippen LogP contribution is 2.40. The third-order valence-electron chi connectivity index (χ3n) is 4.87. The average molecular weight is 295 g/mol. The SMILES string of the molecule is CC(C)N1CCC[C@H]1C(O)(c1ccccc1)c1ccccc1. The summed E-state index contributed by atoms with van der Waals surface area (Å²) in [6, 6.07) is 20.8. The predicted octanol–water partition coefficient (Wildman–Crippen LogP) is 3.80. The van der Waals surface area contributed by atoms with Gasteiger partial charge in [-0.15, -0.1) is 0 Å². The summed E-state index contributed by atoms with van der Waals surface area (Å²) in [7, 11) is 0. The van der Waals surface area contributed by atoms with E-state index in [0.29, 0.717) is 6.04 Å². The van der Waals surface area contributed by atoms with Crippen LogP contribution < -0.4 is 0 Å². The molecule has 0 spiro atoms. The van der Waals surface area contributed by atoms with Gasteiger partial charge in [0.25, 0.3) is 0 Å². The van der Waals surface area contributed by atoms with Gasteiger partial charge in [0.05, 0.1) is 0 Å². The van der Waals surface area contributed by atoms with Gasteiger partial charge < -0.3 is 5.11 Å². The van der Waals surface area contributed by atoms with E-state index in [1.54, 1.807) is 0 Å². The summed E-state index contributed by atoms with van der Waals surface area (Å²) >= 11 is 0. The molecule has 0 radical (unpaired) electrons. The highest BCUT2D eigenvalue weighted by Gasteiger charge is 2.45. The van der Waals surface area contributed by atoms with Gasteiger partial charge in [-0.2, -0.15) is 0 Å². The van der Waals surface area contributed by atoms with Gasteiger partial charge in [-0.25, -0.2) is 0 Å². The van der Waals surface area contributed by atoms with Crippen molar-refractivity contribution in [2.45, 2.75) is 44.4 Å². The highest BCUT2D eigenvalue weighted by molar-refractivity contribution is 5.38. The molecule has 0 saturated carbocycles. The van der Waals surface area contributed by atoms with Crippen LogP contribution in [0, 0.1) is 0 Å². The summed E-state index contributed by atoms with van der Waals surface area (Å²) in [6.45, 7) is 5.49. The quantitative estimate of drug-likeness (QED) is 0.927. The lowest BCUT2D eigenvalue weighted by molar-refractivity contribution is -0.0138. The lowest BCUT2D eigenvalue weighted by atomic mass is 9.79. The van der Waals surface area contributed by atoms with E-state index in [-0.39, 0.29) is 6.04 Å². The second-order valence-corrected chi connectivity index (χ2v) is 6.49. The Morgan fingerprint density at radius 1 is 0.955 bits per heavy atom. The van der Waals surface area contributed by atoms with E-state index in [1.807, 2.05) is 60.7 Å². The summed E-state index contributed by atoms with van der Waals surface area (Å²) in [6.07, 6.45) is 2.17. The standard InChI is InChI=1S/C20H25NO/c1-16(2)21-15-9-14-19(21)20(22,17-10-5-3-6-11-17)18-12-7-4-8-13-18/h3-8,10-13,16,19,22H,9,14-15H2,1-2H3/t19-/m0/s1. The first-order chi connectivity index (χ1) is 10.6. The number of hydrogen-bond acceptors (Lipinski definition) is 2. The van der Waals surface area contributed by atoms with E-state index in [0.717, 1.165) is 30.5 Å². The Labute approximate surface area is 133 Å². The molecule has 1 fully saturated rings. The van der Waals surface area contributed by atoms with Gasteiger partial charge in [0.15, 0.2) is 0 Å². The summed E-state index contributed by atoms with van der Waals surface area (Å²) in [4.78, 5) is 2.44. The summed E-state index contributed by atoms with van der Waals surface area (Å²) in [5, 5.41) is 11.8. The first-order valence-electron chi connectivity index (χ1n) is 8.23. The van der Waals surface area contributed by atoms with Crippen molar-refractivity contribution in [3.8, 4) is 0 Å². The van der Waals surface area contributed by atoms with Crippen molar-refractivity contribution in [2.24, 2.45) is 0 Å². The van der Waals surface area contributed by atoms with Crippen molar-refractivity contribution in [3.63, 3.8) is 0 Å². The Morgan fingerprint density at radius 2 is 1.45 bits per heavy atom. The summed E-state index contributed by atoms with van der Waals surface area (Å²) in [5.41, 5.74) is 1.01. The van der Waals surface area contributed by atoms with Crippen LogP contribution in [0.3, 0.4) is 0 Å².